The molecule has 1 N–H and O–H groups in total. The summed E-state index contributed by atoms with van der Waals surface area (Å²) in [6, 6.07) is 10.4. The zero-order chi connectivity index (χ0) is 11.2. The molecule has 1 aromatic heterocycles. The van der Waals surface area contributed by atoms with Gasteiger partial charge >= 0.3 is 0 Å². The van der Waals surface area contributed by atoms with Crippen molar-refractivity contribution in [2.45, 2.75) is 13.0 Å². The van der Waals surface area contributed by atoms with Crippen molar-refractivity contribution < 1.29 is 8.81 Å². The van der Waals surface area contributed by atoms with E-state index in [0.29, 0.717) is 0 Å². The highest BCUT2D eigenvalue weighted by molar-refractivity contribution is 5.15. The molecule has 0 aliphatic carbocycles. The van der Waals surface area contributed by atoms with Crippen LogP contribution < -0.4 is 5.32 Å². The minimum Gasteiger partial charge on any atom is -0.469 e. The van der Waals surface area contributed by atoms with E-state index in [4.69, 9.17) is 4.42 Å². The van der Waals surface area contributed by atoms with Crippen LogP contribution in [0.25, 0.3) is 0 Å². The molecule has 0 aliphatic heterocycles. The summed E-state index contributed by atoms with van der Waals surface area (Å²) in [5.41, 5.74) is 1.08. The number of furan rings is 1. The number of halogens is 1. The molecule has 0 amide bonds. The summed E-state index contributed by atoms with van der Waals surface area (Å²) in [6.45, 7) is 1.60. The summed E-state index contributed by atoms with van der Waals surface area (Å²) < 4.78 is 17.8. The van der Waals surface area contributed by atoms with Crippen molar-refractivity contribution in [1.82, 2.24) is 5.32 Å². The molecule has 84 valence electrons. The molecule has 2 aromatic rings. The first-order chi connectivity index (χ1) is 7.84. The predicted molar refractivity (Wildman–Crippen MR) is 60.5 cm³/mol. The van der Waals surface area contributed by atoms with Gasteiger partial charge in [0, 0.05) is 19.5 Å². The first-order valence-electron chi connectivity index (χ1n) is 5.32. The van der Waals surface area contributed by atoms with Gasteiger partial charge < -0.3 is 9.73 Å². The maximum Gasteiger partial charge on any atom is 0.123 e. The van der Waals surface area contributed by atoms with E-state index in [2.05, 4.69) is 5.32 Å². The Bertz CT molecular complexity index is 408. The van der Waals surface area contributed by atoms with Crippen LogP contribution in [-0.2, 0) is 13.0 Å². The smallest absolute Gasteiger partial charge is 0.123 e. The Labute approximate surface area is 94.1 Å². The van der Waals surface area contributed by atoms with Crippen LogP contribution in [0.3, 0.4) is 0 Å². The molecule has 16 heavy (non-hydrogen) atoms. The normalized spacial score (nSPS) is 10.6. The van der Waals surface area contributed by atoms with E-state index in [-0.39, 0.29) is 5.82 Å². The molecule has 0 radical (unpaired) electrons. The lowest BCUT2D eigenvalue weighted by Gasteiger charge is -2.03. The topological polar surface area (TPSA) is 25.2 Å². The third kappa shape index (κ3) is 3.21. The molecule has 3 heteroatoms. The molecule has 0 saturated carbocycles. The molecular weight excluding hydrogens is 205 g/mol. The number of nitrogens with one attached hydrogen (secondary N) is 1. The number of rotatable bonds is 5. The molecule has 1 aromatic carbocycles. The highest BCUT2D eigenvalue weighted by Crippen LogP contribution is 2.03. The van der Waals surface area contributed by atoms with Crippen LogP contribution in [0.2, 0.25) is 0 Å². The Kier molecular flexibility index (Phi) is 3.72. The van der Waals surface area contributed by atoms with E-state index >= 15 is 0 Å². The first kappa shape index (κ1) is 10.9. The van der Waals surface area contributed by atoms with E-state index in [1.54, 1.807) is 18.4 Å². The van der Waals surface area contributed by atoms with Crippen molar-refractivity contribution in [2.24, 2.45) is 0 Å². The summed E-state index contributed by atoms with van der Waals surface area (Å²) in [6.07, 6.45) is 2.55. The Morgan fingerprint density at radius 2 is 1.94 bits per heavy atom. The van der Waals surface area contributed by atoms with Crippen LogP contribution in [0.4, 0.5) is 4.39 Å². The van der Waals surface area contributed by atoms with E-state index in [1.807, 2.05) is 12.1 Å². The molecule has 0 unspecified atom stereocenters. The maximum atomic E-state index is 12.6. The first-order valence-corrected chi connectivity index (χ1v) is 5.32. The van der Waals surface area contributed by atoms with Crippen molar-refractivity contribution >= 4 is 0 Å². The Hall–Kier alpha value is -1.61. The van der Waals surface area contributed by atoms with Gasteiger partial charge in [-0.2, -0.15) is 0 Å². The van der Waals surface area contributed by atoms with Crippen LogP contribution >= 0.6 is 0 Å². The van der Waals surface area contributed by atoms with Gasteiger partial charge in [-0.15, -0.1) is 0 Å². The monoisotopic (exact) mass is 219 g/mol. The van der Waals surface area contributed by atoms with E-state index in [0.717, 1.165) is 30.8 Å². The zero-order valence-electron chi connectivity index (χ0n) is 8.95. The van der Waals surface area contributed by atoms with E-state index in [9.17, 15) is 4.39 Å². The van der Waals surface area contributed by atoms with Gasteiger partial charge in [-0.1, -0.05) is 12.1 Å². The number of benzene rings is 1. The molecular formula is C13H14FNO. The van der Waals surface area contributed by atoms with E-state index < -0.39 is 0 Å². The highest BCUT2D eigenvalue weighted by Gasteiger charge is 1.96. The summed E-state index contributed by atoms with van der Waals surface area (Å²) in [7, 11) is 0. The fourth-order valence-corrected chi connectivity index (χ4v) is 1.50. The zero-order valence-corrected chi connectivity index (χ0v) is 8.95. The van der Waals surface area contributed by atoms with Crippen molar-refractivity contribution in [3.8, 4) is 0 Å². The van der Waals surface area contributed by atoms with Crippen LogP contribution in [0, 0.1) is 5.82 Å². The van der Waals surface area contributed by atoms with Crippen LogP contribution in [0.5, 0.6) is 0 Å². The number of hydrogen-bond acceptors (Lipinski definition) is 2. The molecule has 0 aliphatic rings. The van der Waals surface area contributed by atoms with E-state index in [1.165, 1.54) is 12.1 Å². The van der Waals surface area contributed by atoms with Crippen molar-refractivity contribution in [3.05, 3.63) is 59.8 Å². The summed E-state index contributed by atoms with van der Waals surface area (Å²) in [5.74, 6) is 0.783. The second-order valence-electron chi connectivity index (χ2n) is 3.63. The van der Waals surface area contributed by atoms with Gasteiger partial charge in [-0.25, -0.2) is 4.39 Å². The lowest BCUT2D eigenvalue weighted by Crippen LogP contribution is -2.16. The molecule has 0 atom stereocenters. The van der Waals surface area contributed by atoms with Gasteiger partial charge in [0.2, 0.25) is 0 Å². The van der Waals surface area contributed by atoms with Crippen molar-refractivity contribution in [1.29, 1.82) is 0 Å². The highest BCUT2D eigenvalue weighted by atomic mass is 19.1. The van der Waals surface area contributed by atoms with Crippen LogP contribution in [0.15, 0.2) is 47.1 Å². The molecule has 1 heterocycles. The standard InChI is InChI=1S/C13H14FNO/c14-12-5-3-11(4-6-12)10-15-8-7-13-2-1-9-16-13/h1-6,9,15H,7-8,10H2. The largest absolute Gasteiger partial charge is 0.469 e. The Morgan fingerprint density at radius 3 is 2.62 bits per heavy atom. The fraction of sp³-hybridized carbons (Fsp3) is 0.231. The Morgan fingerprint density at radius 1 is 1.12 bits per heavy atom. The van der Waals surface area contributed by atoms with Gasteiger partial charge in [0.05, 0.1) is 6.26 Å². The summed E-state index contributed by atoms with van der Waals surface area (Å²) in [5, 5.41) is 3.28. The molecule has 0 fully saturated rings. The van der Waals surface area contributed by atoms with Gasteiger partial charge in [-0.3, -0.25) is 0 Å². The third-order valence-electron chi connectivity index (χ3n) is 2.37. The lowest BCUT2D eigenvalue weighted by molar-refractivity contribution is 0.499. The average Bonchev–Trinajstić information content (AvgIpc) is 2.80. The van der Waals surface area contributed by atoms with Gasteiger partial charge in [0.1, 0.15) is 11.6 Å². The second-order valence-corrected chi connectivity index (χ2v) is 3.63. The molecule has 0 spiro atoms. The summed E-state index contributed by atoms with van der Waals surface area (Å²) in [4.78, 5) is 0. The molecule has 2 nitrogen and oxygen atoms in total. The fourth-order valence-electron chi connectivity index (χ4n) is 1.50. The predicted octanol–water partition coefficient (Wildman–Crippen LogP) is 2.75. The lowest BCUT2D eigenvalue weighted by atomic mass is 10.2. The average molecular weight is 219 g/mol. The van der Waals surface area contributed by atoms with Gasteiger partial charge in [-0.05, 0) is 29.8 Å². The minimum absolute atomic E-state index is 0.195. The minimum atomic E-state index is -0.195. The quantitative estimate of drug-likeness (QED) is 0.782. The van der Waals surface area contributed by atoms with Crippen molar-refractivity contribution in [2.75, 3.05) is 6.54 Å². The van der Waals surface area contributed by atoms with Gasteiger partial charge in [0.15, 0.2) is 0 Å². The Balaban J connectivity index is 1.70. The van der Waals surface area contributed by atoms with Crippen LogP contribution in [0.1, 0.15) is 11.3 Å². The third-order valence-corrected chi connectivity index (χ3v) is 2.37. The van der Waals surface area contributed by atoms with Crippen molar-refractivity contribution in [3.63, 3.8) is 0 Å². The van der Waals surface area contributed by atoms with Crippen LogP contribution in [-0.4, -0.2) is 6.54 Å². The molecule has 0 bridgehead atoms. The van der Waals surface area contributed by atoms with Gasteiger partial charge in [0.25, 0.3) is 0 Å². The SMILES string of the molecule is Fc1ccc(CNCCc2ccco2)cc1. The number of hydrogen-bond donors (Lipinski definition) is 1. The molecule has 0 saturated heterocycles. The second kappa shape index (κ2) is 5.47. The molecule has 2 rings (SSSR count). The summed E-state index contributed by atoms with van der Waals surface area (Å²) >= 11 is 0. The maximum absolute atomic E-state index is 12.6.